The molecule has 0 rings (SSSR count). The number of unbranched alkanes of at least 4 members (excludes halogenated alkanes) is 46. The SMILES string of the molecule is CCCCC/C=C\C/C=C\CCCCCCCCCCCC(=O)OC(COC(=O)CCCCCCCCCCCCC/C=C\CCCCCCCCCC)COC(=O)CCCCCCCCCCCCCCCCCC. The van der Waals surface area contributed by atoms with Crippen molar-refractivity contribution >= 4 is 17.9 Å². The molecule has 0 aliphatic carbocycles. The van der Waals surface area contributed by atoms with E-state index in [1.54, 1.807) is 0 Å². The molecule has 0 aliphatic heterocycles. The molecule has 0 N–H and O–H groups in total. The van der Waals surface area contributed by atoms with Gasteiger partial charge in [-0.15, -0.1) is 0 Å². The van der Waals surface area contributed by atoms with Crippen LogP contribution in [0.4, 0.5) is 0 Å². The largest absolute Gasteiger partial charge is 0.462 e. The van der Waals surface area contributed by atoms with Crippen molar-refractivity contribution in [2.45, 2.75) is 380 Å². The minimum atomic E-state index is -0.773. The molecule has 1 unspecified atom stereocenters. The molecule has 446 valence electrons. The van der Waals surface area contributed by atoms with Gasteiger partial charge in [-0.25, -0.2) is 0 Å². The summed E-state index contributed by atoms with van der Waals surface area (Å²) in [5.41, 5.74) is 0. The predicted molar refractivity (Wildman–Crippen MR) is 330 cm³/mol. The van der Waals surface area contributed by atoms with Crippen LogP contribution in [-0.2, 0) is 28.6 Å². The molecule has 0 spiro atoms. The van der Waals surface area contributed by atoms with Crippen LogP contribution in [0.5, 0.6) is 0 Å². The quantitative estimate of drug-likeness (QED) is 0.0261. The highest BCUT2D eigenvalue weighted by Crippen LogP contribution is 2.18. The molecule has 6 nitrogen and oxygen atoms in total. The predicted octanol–water partition coefficient (Wildman–Crippen LogP) is 23.2. The molecule has 0 bridgehead atoms. The van der Waals surface area contributed by atoms with Crippen molar-refractivity contribution in [2.24, 2.45) is 0 Å². The molecule has 6 heteroatoms. The van der Waals surface area contributed by atoms with Crippen molar-refractivity contribution in [1.29, 1.82) is 0 Å². The van der Waals surface area contributed by atoms with E-state index in [9.17, 15) is 14.4 Å². The van der Waals surface area contributed by atoms with Crippen molar-refractivity contribution in [3.63, 3.8) is 0 Å². The van der Waals surface area contributed by atoms with E-state index in [1.165, 1.54) is 270 Å². The fourth-order valence-corrected chi connectivity index (χ4v) is 10.2. The van der Waals surface area contributed by atoms with Crippen molar-refractivity contribution in [2.75, 3.05) is 13.2 Å². The molecule has 0 aromatic rings. The molecule has 0 amide bonds. The van der Waals surface area contributed by atoms with E-state index in [0.29, 0.717) is 19.3 Å². The second-order valence-electron chi connectivity index (χ2n) is 23.1. The third kappa shape index (κ3) is 62.5. The second kappa shape index (κ2) is 65.2. The van der Waals surface area contributed by atoms with Crippen LogP contribution < -0.4 is 0 Å². The van der Waals surface area contributed by atoms with Gasteiger partial charge in [0, 0.05) is 19.3 Å². The normalized spacial score (nSPS) is 12.2. The van der Waals surface area contributed by atoms with Crippen molar-refractivity contribution in [1.82, 2.24) is 0 Å². The summed E-state index contributed by atoms with van der Waals surface area (Å²) in [6.45, 7) is 6.68. The topological polar surface area (TPSA) is 78.9 Å². The standard InChI is InChI=1S/C70H130O6/c1-4-7-10-13-16-19-22-25-28-31-33-34-35-36-38-39-42-45-48-51-54-57-60-63-69(72)75-66-67(65-74-68(71)62-59-56-53-50-47-44-41-30-27-24-21-18-15-12-9-6-3)76-70(73)64-61-58-55-52-49-46-43-40-37-32-29-26-23-20-17-14-11-8-5-2/h17,20,26,29,31,33,67H,4-16,18-19,21-25,27-28,30,32,34-66H2,1-3H3/b20-17-,29-26-,33-31-. The van der Waals surface area contributed by atoms with Crippen LogP contribution in [0.2, 0.25) is 0 Å². The van der Waals surface area contributed by atoms with E-state index in [0.717, 1.165) is 64.2 Å². The molecule has 0 heterocycles. The number of ether oxygens (including phenoxy) is 3. The zero-order valence-corrected chi connectivity index (χ0v) is 51.3. The van der Waals surface area contributed by atoms with E-state index >= 15 is 0 Å². The van der Waals surface area contributed by atoms with Crippen LogP contribution in [0.3, 0.4) is 0 Å². The summed E-state index contributed by atoms with van der Waals surface area (Å²) < 4.78 is 17.0. The summed E-state index contributed by atoms with van der Waals surface area (Å²) in [6, 6.07) is 0. The Morgan fingerprint density at radius 3 is 0.763 bits per heavy atom. The Labute approximate surface area is 474 Å². The molecule has 0 aromatic heterocycles. The number of allylic oxidation sites excluding steroid dienone is 6. The Hall–Kier alpha value is -2.37. The Morgan fingerprint density at radius 1 is 0.263 bits per heavy atom. The number of rotatable bonds is 63. The summed E-state index contributed by atoms with van der Waals surface area (Å²) in [7, 11) is 0. The van der Waals surface area contributed by atoms with Gasteiger partial charge in [0.1, 0.15) is 13.2 Å². The molecule has 1 atom stereocenters. The lowest BCUT2D eigenvalue weighted by molar-refractivity contribution is -0.167. The molecule has 0 aliphatic rings. The van der Waals surface area contributed by atoms with Gasteiger partial charge in [0.25, 0.3) is 0 Å². The first-order chi connectivity index (χ1) is 37.5. The average molecular weight is 1070 g/mol. The van der Waals surface area contributed by atoms with Crippen LogP contribution in [0, 0.1) is 0 Å². The number of hydrogen-bond donors (Lipinski definition) is 0. The maximum atomic E-state index is 12.9. The van der Waals surface area contributed by atoms with Crippen LogP contribution in [0.1, 0.15) is 374 Å². The first kappa shape index (κ1) is 73.6. The van der Waals surface area contributed by atoms with E-state index in [2.05, 4.69) is 57.2 Å². The lowest BCUT2D eigenvalue weighted by Gasteiger charge is -2.18. The highest BCUT2D eigenvalue weighted by Gasteiger charge is 2.19. The van der Waals surface area contributed by atoms with Gasteiger partial charge in [-0.2, -0.15) is 0 Å². The lowest BCUT2D eigenvalue weighted by Crippen LogP contribution is -2.30. The monoisotopic (exact) mass is 1070 g/mol. The Kier molecular flexibility index (Phi) is 63.1. The minimum Gasteiger partial charge on any atom is -0.462 e. The Bertz CT molecular complexity index is 1270. The van der Waals surface area contributed by atoms with Gasteiger partial charge in [-0.05, 0) is 77.0 Å². The number of esters is 3. The smallest absolute Gasteiger partial charge is 0.306 e. The fourth-order valence-electron chi connectivity index (χ4n) is 10.2. The van der Waals surface area contributed by atoms with Crippen molar-refractivity contribution < 1.29 is 28.6 Å². The zero-order chi connectivity index (χ0) is 55.0. The molecule has 0 saturated carbocycles. The summed E-state index contributed by atoms with van der Waals surface area (Å²) >= 11 is 0. The average Bonchev–Trinajstić information content (AvgIpc) is 3.42. The number of carbonyl (C=O) groups excluding carboxylic acids is 3. The lowest BCUT2D eigenvalue weighted by atomic mass is 10.0. The Balaban J connectivity index is 4.30. The van der Waals surface area contributed by atoms with Gasteiger partial charge in [0.2, 0.25) is 0 Å². The van der Waals surface area contributed by atoms with Gasteiger partial charge in [-0.3, -0.25) is 14.4 Å². The highest BCUT2D eigenvalue weighted by molar-refractivity contribution is 5.71. The third-order valence-electron chi connectivity index (χ3n) is 15.4. The molecule has 0 aromatic carbocycles. The number of hydrogen-bond acceptors (Lipinski definition) is 6. The van der Waals surface area contributed by atoms with Gasteiger partial charge in [-0.1, -0.05) is 314 Å². The van der Waals surface area contributed by atoms with Crippen molar-refractivity contribution in [3.05, 3.63) is 36.5 Å². The summed E-state index contributed by atoms with van der Waals surface area (Å²) in [4.78, 5) is 38.4. The first-order valence-electron chi connectivity index (χ1n) is 34.0. The summed E-state index contributed by atoms with van der Waals surface area (Å²) in [5.74, 6) is -0.847. The third-order valence-corrected chi connectivity index (χ3v) is 15.4. The van der Waals surface area contributed by atoms with E-state index < -0.39 is 6.10 Å². The zero-order valence-electron chi connectivity index (χ0n) is 51.3. The molecule has 76 heavy (non-hydrogen) atoms. The van der Waals surface area contributed by atoms with Crippen LogP contribution in [0.15, 0.2) is 36.5 Å². The summed E-state index contributed by atoms with van der Waals surface area (Å²) in [5, 5.41) is 0. The van der Waals surface area contributed by atoms with Crippen LogP contribution >= 0.6 is 0 Å². The fraction of sp³-hybridized carbons (Fsp3) is 0.871. The maximum Gasteiger partial charge on any atom is 0.306 e. The second-order valence-corrected chi connectivity index (χ2v) is 23.1. The number of carbonyl (C=O) groups is 3. The van der Waals surface area contributed by atoms with E-state index in [4.69, 9.17) is 14.2 Å². The van der Waals surface area contributed by atoms with Gasteiger partial charge in [0.05, 0.1) is 0 Å². The van der Waals surface area contributed by atoms with Gasteiger partial charge < -0.3 is 14.2 Å². The van der Waals surface area contributed by atoms with Crippen LogP contribution in [0.25, 0.3) is 0 Å². The molecular weight excluding hydrogens is 937 g/mol. The molecule has 0 saturated heterocycles. The van der Waals surface area contributed by atoms with E-state index in [-0.39, 0.29) is 31.1 Å². The minimum absolute atomic E-state index is 0.0691. The van der Waals surface area contributed by atoms with Gasteiger partial charge >= 0.3 is 17.9 Å². The van der Waals surface area contributed by atoms with Gasteiger partial charge in [0.15, 0.2) is 6.10 Å². The highest BCUT2D eigenvalue weighted by atomic mass is 16.6. The Morgan fingerprint density at radius 2 is 0.474 bits per heavy atom. The first-order valence-corrected chi connectivity index (χ1v) is 34.0. The van der Waals surface area contributed by atoms with E-state index in [1.807, 2.05) is 0 Å². The molecular formula is C70H130O6. The molecule has 0 radical (unpaired) electrons. The molecule has 0 fully saturated rings. The van der Waals surface area contributed by atoms with Crippen molar-refractivity contribution in [3.8, 4) is 0 Å². The summed E-state index contributed by atoms with van der Waals surface area (Å²) in [6.07, 6.45) is 80.1. The maximum absolute atomic E-state index is 12.9. The van der Waals surface area contributed by atoms with Crippen LogP contribution in [-0.4, -0.2) is 37.2 Å².